The maximum Gasteiger partial charge on any atom is 0.198 e. The third-order valence-corrected chi connectivity index (χ3v) is 19.2. The first kappa shape index (κ1) is 45.8. The van der Waals surface area contributed by atoms with Crippen LogP contribution in [0, 0.1) is 0 Å². The second-order valence-electron chi connectivity index (χ2n) is 25.0. The van der Waals surface area contributed by atoms with E-state index < -0.39 is 0 Å². The van der Waals surface area contributed by atoms with Crippen LogP contribution in [-0.2, 0) is 21.7 Å². The van der Waals surface area contributed by atoms with Crippen LogP contribution in [0.15, 0.2) is 174 Å². The number of nitrogens with one attached hydrogen (secondary N) is 1. The normalized spacial score (nSPS) is 15.8. The molecule has 0 unspecified atom stereocenters. The third kappa shape index (κ3) is 6.60. The summed E-state index contributed by atoms with van der Waals surface area (Å²) in [6.45, 7) is 21.6. The molecule has 2 aliphatic carbocycles. The highest BCUT2D eigenvalue weighted by molar-refractivity contribution is 7.25. The minimum Gasteiger partial charge on any atom is -0.455 e. The Morgan fingerprint density at radius 1 is 0.539 bits per heavy atom. The second kappa shape index (κ2) is 15.7. The van der Waals surface area contributed by atoms with Gasteiger partial charge in [-0.15, -0.1) is 11.3 Å². The van der Waals surface area contributed by atoms with Crippen LogP contribution in [0.25, 0.3) is 103 Å². The van der Waals surface area contributed by atoms with Crippen molar-refractivity contribution in [2.45, 2.75) is 96.8 Å². The molecule has 5 heteroatoms. The number of rotatable bonds is 5. The average Bonchev–Trinajstić information content (AvgIpc) is 4.32. The van der Waals surface area contributed by atoms with E-state index in [1.165, 1.54) is 110 Å². The Morgan fingerprint density at radius 3 is 1.95 bits per heavy atom. The van der Waals surface area contributed by atoms with Crippen LogP contribution in [0.4, 0.5) is 11.4 Å². The summed E-state index contributed by atoms with van der Waals surface area (Å²) in [5.74, 6) is 0.886. The second-order valence-corrected chi connectivity index (χ2v) is 26.1. The fourth-order valence-electron chi connectivity index (χ4n) is 13.6. The highest BCUT2D eigenvalue weighted by atomic mass is 32.1. The molecule has 3 aromatic heterocycles. The monoisotopic (exact) mass is 999 g/mol. The summed E-state index contributed by atoms with van der Waals surface area (Å²) in [7, 11) is 2.46. The lowest BCUT2D eigenvalue weighted by Gasteiger charge is -2.42. The minimum absolute atomic E-state index is 0.0493. The van der Waals surface area contributed by atoms with Gasteiger partial charge >= 0.3 is 0 Å². The predicted octanol–water partition coefficient (Wildman–Crippen LogP) is 18.6. The summed E-state index contributed by atoms with van der Waals surface area (Å²) in [6, 6.07) is 64.1. The van der Waals surface area contributed by atoms with E-state index in [1.54, 1.807) is 0 Å². The largest absolute Gasteiger partial charge is 0.455 e. The van der Waals surface area contributed by atoms with Gasteiger partial charge < -0.3 is 14.3 Å². The Hall–Kier alpha value is -7.60. The Morgan fingerprint density at radius 2 is 1.21 bits per heavy atom. The van der Waals surface area contributed by atoms with Gasteiger partial charge in [-0.2, -0.15) is 0 Å². The van der Waals surface area contributed by atoms with E-state index in [9.17, 15) is 0 Å². The molecule has 1 N–H and O–H groups in total. The molecular weight excluding hydrogens is 940 g/mol. The zero-order valence-electron chi connectivity index (χ0n) is 44.9. The van der Waals surface area contributed by atoms with E-state index in [2.05, 4.69) is 249 Å². The summed E-state index contributed by atoms with van der Waals surface area (Å²) < 4.78 is 12.3. The third-order valence-electron chi connectivity index (χ3n) is 18.0. The molecule has 0 fully saturated rings. The highest BCUT2D eigenvalue weighted by Crippen LogP contribution is 2.57. The molecule has 0 bridgehead atoms. The summed E-state index contributed by atoms with van der Waals surface area (Å²) in [6.07, 6.45) is 2.37. The maximum atomic E-state index is 7.09. The molecule has 369 valence electrons. The van der Waals surface area contributed by atoms with Crippen molar-refractivity contribution in [2.75, 3.05) is 5.32 Å². The van der Waals surface area contributed by atoms with Crippen LogP contribution in [0.3, 0.4) is 0 Å². The van der Waals surface area contributed by atoms with Gasteiger partial charge in [-0.3, -0.25) is 0 Å². The van der Waals surface area contributed by atoms with Gasteiger partial charge in [-0.25, -0.2) is 0 Å². The molecule has 1 aliphatic heterocycles. The van der Waals surface area contributed by atoms with Crippen molar-refractivity contribution in [3.05, 3.63) is 198 Å². The Bertz CT molecular complexity index is 4440. The molecule has 3 aliphatic rings. The summed E-state index contributed by atoms with van der Waals surface area (Å²) in [5.41, 5.74) is 24.6. The summed E-state index contributed by atoms with van der Waals surface area (Å²) in [5, 5.41) is 10.3. The maximum absolute atomic E-state index is 7.09. The quantitative estimate of drug-likeness (QED) is 0.174. The molecule has 3 nitrogen and oxygen atoms in total. The van der Waals surface area contributed by atoms with E-state index >= 15 is 0 Å². The van der Waals surface area contributed by atoms with Crippen molar-refractivity contribution in [1.82, 2.24) is 4.57 Å². The Balaban J connectivity index is 1.02. The van der Waals surface area contributed by atoms with Crippen LogP contribution >= 0.6 is 11.3 Å². The molecule has 0 saturated heterocycles. The van der Waals surface area contributed by atoms with Crippen LogP contribution < -0.4 is 16.2 Å². The number of fused-ring (bicyclic) bond motifs is 13. The molecule has 9 aromatic carbocycles. The number of furan rings is 1. The Labute approximate surface area is 450 Å². The zero-order chi connectivity index (χ0) is 51.8. The standard InChI is InChI=1S/C71H60BN2OS/c1-68(2,3)42-24-26-43(27-25-42)73-58-38-54-47(48-33-55-56(37-53(48)71(54,8)9)70(6,7)31-30-69(55,4)5)32-49(58)45-28-29-46-50-36-63-51(44-22-16-17-23-62(44)76-63)34-59(50)74-60-35-52-61(39-57(60)72-65(45)66(46)74)75-67(41-20-14-11-15-21-41)64(52)40-18-12-10-13-19-40/h10-29,32-39,73H,30-31H2,1-9H3. The summed E-state index contributed by atoms with van der Waals surface area (Å²) >= 11 is 1.89. The lowest BCUT2D eigenvalue weighted by molar-refractivity contribution is 0.331. The van der Waals surface area contributed by atoms with Gasteiger partial charge in [0, 0.05) is 81.0 Å². The van der Waals surface area contributed by atoms with Crippen molar-refractivity contribution < 1.29 is 4.42 Å². The topological polar surface area (TPSA) is 30.1 Å². The van der Waals surface area contributed by atoms with Gasteiger partial charge in [0.25, 0.3) is 0 Å². The van der Waals surface area contributed by atoms with Gasteiger partial charge in [0.05, 0.1) is 5.52 Å². The van der Waals surface area contributed by atoms with Gasteiger partial charge in [0.15, 0.2) is 7.28 Å². The number of anilines is 2. The number of aromatic nitrogens is 1. The van der Waals surface area contributed by atoms with E-state index in [-0.39, 0.29) is 21.7 Å². The zero-order valence-corrected chi connectivity index (χ0v) is 45.7. The van der Waals surface area contributed by atoms with E-state index in [1.807, 2.05) is 11.3 Å². The van der Waals surface area contributed by atoms with E-state index in [0.29, 0.717) is 0 Å². The molecule has 4 heterocycles. The lowest BCUT2D eigenvalue weighted by Crippen LogP contribution is -2.37. The predicted molar refractivity (Wildman–Crippen MR) is 326 cm³/mol. The SMILES string of the molecule is CC(C)(C)c1ccc(Nc2cc3c(cc2-c2ccc4c5cc6sc7ccccc7c6cc5n5c4c2[B]c2cc4oc(-c6ccccc6)c(-c6ccccc6)c4cc2-5)-c2cc4c(cc2C3(C)C)C(C)(C)CCC4(C)C)cc1. The first-order valence-electron chi connectivity index (χ1n) is 27.3. The van der Waals surface area contributed by atoms with Gasteiger partial charge in [0.1, 0.15) is 11.3 Å². The first-order chi connectivity index (χ1) is 36.5. The van der Waals surface area contributed by atoms with Crippen LogP contribution in [0.5, 0.6) is 0 Å². The van der Waals surface area contributed by atoms with Crippen LogP contribution in [0.1, 0.15) is 103 Å². The molecule has 76 heavy (non-hydrogen) atoms. The van der Waals surface area contributed by atoms with Crippen LogP contribution in [-0.4, -0.2) is 11.8 Å². The molecule has 0 amide bonds. The number of nitrogens with zero attached hydrogens (tertiary/aromatic N) is 1. The smallest absolute Gasteiger partial charge is 0.198 e. The molecule has 12 aromatic rings. The van der Waals surface area contributed by atoms with E-state index in [4.69, 9.17) is 4.42 Å². The van der Waals surface area contributed by atoms with Gasteiger partial charge in [-0.05, 0) is 145 Å². The van der Waals surface area contributed by atoms with Crippen molar-refractivity contribution in [1.29, 1.82) is 0 Å². The first-order valence-corrected chi connectivity index (χ1v) is 28.1. The number of benzene rings is 9. The van der Waals surface area contributed by atoms with Gasteiger partial charge in [-0.1, -0.05) is 177 Å². The Kier molecular flexibility index (Phi) is 9.48. The fraction of sp³-hybridized carbons (Fsp3) is 0.211. The van der Waals surface area contributed by atoms with Crippen molar-refractivity contribution in [2.24, 2.45) is 0 Å². The fourth-order valence-corrected chi connectivity index (χ4v) is 14.8. The molecule has 0 atom stereocenters. The van der Waals surface area contributed by atoms with Gasteiger partial charge in [0.2, 0.25) is 0 Å². The molecule has 0 saturated carbocycles. The molecule has 1 radical (unpaired) electrons. The van der Waals surface area contributed by atoms with E-state index in [0.717, 1.165) is 55.9 Å². The number of hydrogen-bond acceptors (Lipinski definition) is 3. The van der Waals surface area contributed by atoms with Crippen molar-refractivity contribution in [3.63, 3.8) is 0 Å². The molecule has 15 rings (SSSR count). The minimum atomic E-state index is -0.208. The summed E-state index contributed by atoms with van der Waals surface area (Å²) in [4.78, 5) is 0. The van der Waals surface area contributed by atoms with Crippen molar-refractivity contribution >= 4 is 93.9 Å². The number of hydrogen-bond donors (Lipinski definition) is 1. The van der Waals surface area contributed by atoms with Crippen LogP contribution in [0.2, 0.25) is 0 Å². The highest BCUT2D eigenvalue weighted by Gasteiger charge is 2.43. The average molecular weight is 1000 g/mol. The van der Waals surface area contributed by atoms with Crippen molar-refractivity contribution in [3.8, 4) is 50.4 Å². The number of thiophene rings is 1. The molecular formula is C71H60BN2OS. The lowest BCUT2D eigenvalue weighted by atomic mass is 9.59. The molecule has 0 spiro atoms.